The number of benzene rings is 1. The van der Waals surface area contributed by atoms with Crippen LogP contribution in [0.5, 0.6) is 5.75 Å². The zero-order valence-electron chi connectivity index (χ0n) is 6.31. The van der Waals surface area contributed by atoms with E-state index in [1.807, 2.05) is 0 Å². The van der Waals surface area contributed by atoms with E-state index in [2.05, 4.69) is 0 Å². The van der Waals surface area contributed by atoms with Crippen molar-refractivity contribution in [1.29, 1.82) is 5.26 Å². The van der Waals surface area contributed by atoms with Gasteiger partial charge in [0.1, 0.15) is 0 Å². The topological polar surface area (TPSA) is 44.0 Å². The number of aromatic hydroxyl groups is 1. The SMILES string of the molecule is N#CCc1c(O)c(F)cc(F)c1F. The van der Waals surface area contributed by atoms with Crippen molar-refractivity contribution in [2.75, 3.05) is 0 Å². The van der Waals surface area contributed by atoms with Crippen molar-refractivity contribution >= 4 is 0 Å². The van der Waals surface area contributed by atoms with E-state index in [-0.39, 0.29) is 6.07 Å². The molecule has 0 radical (unpaired) electrons. The molecule has 0 saturated heterocycles. The normalized spacial score (nSPS) is 9.69. The average Bonchev–Trinajstić information content (AvgIpc) is 2.09. The number of nitriles is 1. The standard InChI is InChI=1S/C8H4F3NO/c9-5-3-6(10)8(13)4(1-2-12)7(5)11/h3,13H,1H2. The Balaban J connectivity index is 3.39. The van der Waals surface area contributed by atoms with Gasteiger partial charge in [-0.3, -0.25) is 0 Å². The van der Waals surface area contributed by atoms with E-state index >= 15 is 0 Å². The molecular weight excluding hydrogens is 183 g/mol. The Morgan fingerprint density at radius 2 is 1.92 bits per heavy atom. The maximum absolute atomic E-state index is 12.8. The Morgan fingerprint density at radius 3 is 2.46 bits per heavy atom. The van der Waals surface area contributed by atoms with E-state index in [1.54, 1.807) is 0 Å². The Kier molecular flexibility index (Phi) is 2.42. The van der Waals surface area contributed by atoms with Gasteiger partial charge in [-0.2, -0.15) is 5.26 Å². The van der Waals surface area contributed by atoms with Crippen molar-refractivity contribution < 1.29 is 18.3 Å². The van der Waals surface area contributed by atoms with Crippen LogP contribution in [-0.4, -0.2) is 5.11 Å². The first-order valence-electron chi connectivity index (χ1n) is 3.30. The van der Waals surface area contributed by atoms with Gasteiger partial charge >= 0.3 is 0 Å². The van der Waals surface area contributed by atoms with Crippen LogP contribution in [0.3, 0.4) is 0 Å². The molecule has 0 aliphatic rings. The smallest absolute Gasteiger partial charge is 0.168 e. The van der Waals surface area contributed by atoms with Gasteiger partial charge in [-0.25, -0.2) is 13.2 Å². The summed E-state index contributed by atoms with van der Waals surface area (Å²) in [5.41, 5.74) is -0.653. The van der Waals surface area contributed by atoms with Gasteiger partial charge in [0.2, 0.25) is 0 Å². The maximum atomic E-state index is 12.8. The first-order chi connectivity index (χ1) is 6.07. The van der Waals surface area contributed by atoms with E-state index < -0.39 is 35.2 Å². The molecule has 0 saturated carbocycles. The third-order valence-electron chi connectivity index (χ3n) is 1.50. The van der Waals surface area contributed by atoms with Crippen molar-refractivity contribution in [2.24, 2.45) is 0 Å². The minimum Gasteiger partial charge on any atom is -0.505 e. The molecule has 1 aromatic carbocycles. The molecule has 1 rings (SSSR count). The van der Waals surface area contributed by atoms with Crippen LogP contribution in [0.15, 0.2) is 6.07 Å². The Labute approximate surface area is 71.8 Å². The van der Waals surface area contributed by atoms with Crippen LogP contribution >= 0.6 is 0 Å². The number of halogens is 3. The Morgan fingerprint density at radius 1 is 1.31 bits per heavy atom. The molecule has 0 bridgehead atoms. The quantitative estimate of drug-likeness (QED) is 0.682. The number of hydrogen-bond acceptors (Lipinski definition) is 2. The summed E-state index contributed by atoms with van der Waals surface area (Å²) in [6.07, 6.45) is -0.577. The summed E-state index contributed by atoms with van der Waals surface area (Å²) in [6.45, 7) is 0. The number of nitrogens with zero attached hydrogens (tertiary/aromatic N) is 1. The van der Waals surface area contributed by atoms with Gasteiger partial charge in [0.15, 0.2) is 23.2 Å². The van der Waals surface area contributed by atoms with Gasteiger partial charge in [0.25, 0.3) is 0 Å². The van der Waals surface area contributed by atoms with Gasteiger partial charge in [0, 0.05) is 11.6 Å². The lowest BCUT2D eigenvalue weighted by atomic mass is 10.1. The highest BCUT2D eigenvalue weighted by molar-refractivity contribution is 5.37. The van der Waals surface area contributed by atoms with Crippen molar-refractivity contribution in [3.63, 3.8) is 0 Å². The van der Waals surface area contributed by atoms with Crippen LogP contribution in [0, 0.1) is 28.8 Å². The lowest BCUT2D eigenvalue weighted by Gasteiger charge is -2.03. The zero-order chi connectivity index (χ0) is 10.0. The molecule has 0 atom stereocenters. The monoisotopic (exact) mass is 187 g/mol. The fourth-order valence-electron chi connectivity index (χ4n) is 0.876. The second kappa shape index (κ2) is 3.35. The minimum absolute atomic E-state index is 0.228. The molecule has 2 nitrogen and oxygen atoms in total. The molecule has 0 heterocycles. The molecule has 68 valence electrons. The summed E-state index contributed by atoms with van der Waals surface area (Å²) >= 11 is 0. The number of hydrogen-bond donors (Lipinski definition) is 1. The average molecular weight is 187 g/mol. The summed E-state index contributed by atoms with van der Waals surface area (Å²) in [5.74, 6) is -5.09. The maximum Gasteiger partial charge on any atom is 0.168 e. The van der Waals surface area contributed by atoms with Gasteiger partial charge in [-0.05, 0) is 0 Å². The van der Waals surface area contributed by atoms with Crippen LogP contribution in [0.4, 0.5) is 13.2 Å². The van der Waals surface area contributed by atoms with Gasteiger partial charge < -0.3 is 5.11 Å². The van der Waals surface area contributed by atoms with Crippen LogP contribution in [-0.2, 0) is 6.42 Å². The highest BCUT2D eigenvalue weighted by Crippen LogP contribution is 2.26. The Hall–Kier alpha value is -1.70. The van der Waals surface area contributed by atoms with E-state index in [4.69, 9.17) is 10.4 Å². The highest BCUT2D eigenvalue weighted by Gasteiger charge is 2.17. The van der Waals surface area contributed by atoms with Gasteiger partial charge in [0.05, 0.1) is 12.5 Å². The van der Waals surface area contributed by atoms with E-state index in [0.29, 0.717) is 0 Å². The van der Waals surface area contributed by atoms with Crippen LogP contribution in [0.25, 0.3) is 0 Å². The highest BCUT2D eigenvalue weighted by atomic mass is 19.2. The molecule has 0 aromatic heterocycles. The van der Waals surface area contributed by atoms with Crippen LogP contribution in [0.2, 0.25) is 0 Å². The van der Waals surface area contributed by atoms with Gasteiger partial charge in [-0.15, -0.1) is 0 Å². The first kappa shape index (κ1) is 9.39. The second-order valence-electron chi connectivity index (χ2n) is 2.32. The van der Waals surface area contributed by atoms with Crippen LogP contribution < -0.4 is 0 Å². The third kappa shape index (κ3) is 1.56. The lowest BCUT2D eigenvalue weighted by Crippen LogP contribution is -1.96. The first-order valence-corrected chi connectivity index (χ1v) is 3.30. The molecule has 0 aliphatic carbocycles. The molecule has 0 fully saturated rings. The summed E-state index contributed by atoms with van der Waals surface area (Å²) < 4.78 is 37.9. The fourth-order valence-corrected chi connectivity index (χ4v) is 0.876. The van der Waals surface area contributed by atoms with Crippen molar-refractivity contribution in [1.82, 2.24) is 0 Å². The lowest BCUT2D eigenvalue weighted by molar-refractivity contribution is 0.405. The summed E-state index contributed by atoms with van der Waals surface area (Å²) in [7, 11) is 0. The third-order valence-corrected chi connectivity index (χ3v) is 1.50. The van der Waals surface area contributed by atoms with E-state index in [0.717, 1.165) is 0 Å². The molecule has 0 aliphatic heterocycles. The summed E-state index contributed by atoms with van der Waals surface area (Å²) in [4.78, 5) is 0. The number of rotatable bonds is 1. The predicted molar refractivity (Wildman–Crippen MR) is 37.3 cm³/mol. The Bertz CT molecular complexity index is 358. The molecule has 1 N–H and O–H groups in total. The molecule has 1 aromatic rings. The molecule has 0 unspecified atom stereocenters. The van der Waals surface area contributed by atoms with E-state index in [1.165, 1.54) is 6.07 Å². The number of phenolic OH excluding ortho intramolecular Hbond substituents is 1. The minimum atomic E-state index is -1.42. The van der Waals surface area contributed by atoms with E-state index in [9.17, 15) is 13.2 Å². The van der Waals surface area contributed by atoms with Crippen molar-refractivity contribution in [2.45, 2.75) is 6.42 Å². The van der Waals surface area contributed by atoms with Crippen molar-refractivity contribution in [3.05, 3.63) is 29.1 Å². The molecular formula is C8H4F3NO. The molecule has 0 amide bonds. The van der Waals surface area contributed by atoms with Gasteiger partial charge in [-0.1, -0.05) is 0 Å². The number of phenols is 1. The molecule has 13 heavy (non-hydrogen) atoms. The summed E-state index contributed by atoms with van der Waals surface area (Å²) in [6, 6.07) is 1.71. The molecule has 5 heteroatoms. The summed E-state index contributed by atoms with van der Waals surface area (Å²) in [5, 5.41) is 17.1. The second-order valence-corrected chi connectivity index (χ2v) is 2.32. The van der Waals surface area contributed by atoms with Crippen LogP contribution in [0.1, 0.15) is 5.56 Å². The zero-order valence-corrected chi connectivity index (χ0v) is 6.31. The van der Waals surface area contributed by atoms with Crippen molar-refractivity contribution in [3.8, 4) is 11.8 Å². The molecule has 0 spiro atoms. The largest absolute Gasteiger partial charge is 0.505 e. The fraction of sp³-hybridized carbons (Fsp3) is 0.125. The predicted octanol–water partition coefficient (Wildman–Crippen LogP) is 1.88.